The Kier molecular flexibility index (Phi) is 3.59. The predicted molar refractivity (Wildman–Crippen MR) is 67.2 cm³/mol. The largest absolute Gasteiger partial charge is 0.364 e. The molecule has 6 nitrogen and oxygen atoms in total. The standard InChI is InChI=1S/C12H16F2N4O2/c1-7-6-12(20,11(13)14)18(16-7)10(19)9(3)17-8(2)4-5-15-17/h4-5,9,11,20H,6H2,1-3H3. The lowest BCUT2D eigenvalue weighted by Gasteiger charge is -2.31. The average molecular weight is 286 g/mol. The second-order valence-electron chi connectivity index (χ2n) is 4.93. The van der Waals surface area contributed by atoms with Gasteiger partial charge >= 0.3 is 0 Å². The molecule has 0 spiro atoms. The Labute approximate surface area is 114 Å². The maximum Gasteiger partial charge on any atom is 0.287 e. The van der Waals surface area contributed by atoms with Gasteiger partial charge in [-0.15, -0.1) is 0 Å². The molecule has 0 bridgehead atoms. The molecule has 0 saturated carbocycles. The van der Waals surface area contributed by atoms with Crippen LogP contribution in [0.3, 0.4) is 0 Å². The first-order valence-corrected chi connectivity index (χ1v) is 6.16. The van der Waals surface area contributed by atoms with Gasteiger partial charge in [0.1, 0.15) is 6.04 Å². The van der Waals surface area contributed by atoms with Crippen molar-refractivity contribution in [3.8, 4) is 0 Å². The van der Waals surface area contributed by atoms with Crippen LogP contribution in [-0.4, -0.2) is 43.7 Å². The number of rotatable bonds is 3. The summed E-state index contributed by atoms with van der Waals surface area (Å²) in [4.78, 5) is 12.3. The normalized spacial score (nSPS) is 24.1. The number of hydrogen-bond acceptors (Lipinski definition) is 4. The van der Waals surface area contributed by atoms with E-state index in [2.05, 4.69) is 10.2 Å². The Morgan fingerprint density at radius 3 is 2.65 bits per heavy atom. The third-order valence-corrected chi connectivity index (χ3v) is 3.30. The van der Waals surface area contributed by atoms with Crippen molar-refractivity contribution < 1.29 is 18.7 Å². The molecule has 1 aromatic heterocycles. The first-order valence-electron chi connectivity index (χ1n) is 6.16. The second-order valence-corrected chi connectivity index (χ2v) is 4.93. The van der Waals surface area contributed by atoms with E-state index in [4.69, 9.17) is 0 Å². The van der Waals surface area contributed by atoms with E-state index in [0.717, 1.165) is 0 Å². The molecule has 1 aromatic rings. The summed E-state index contributed by atoms with van der Waals surface area (Å²) >= 11 is 0. The van der Waals surface area contributed by atoms with Gasteiger partial charge in [0.15, 0.2) is 0 Å². The zero-order valence-electron chi connectivity index (χ0n) is 11.4. The number of carbonyl (C=O) groups excluding carboxylic acids is 1. The molecule has 1 aliphatic heterocycles. The smallest absolute Gasteiger partial charge is 0.287 e. The molecule has 20 heavy (non-hydrogen) atoms. The van der Waals surface area contributed by atoms with E-state index >= 15 is 0 Å². The van der Waals surface area contributed by atoms with E-state index in [-0.39, 0.29) is 12.1 Å². The number of aliphatic hydroxyl groups is 1. The van der Waals surface area contributed by atoms with Crippen LogP contribution in [0.2, 0.25) is 0 Å². The third kappa shape index (κ3) is 2.20. The lowest BCUT2D eigenvalue weighted by Crippen LogP contribution is -2.53. The van der Waals surface area contributed by atoms with Gasteiger partial charge in [0.05, 0.1) is 0 Å². The minimum atomic E-state index is -3.10. The van der Waals surface area contributed by atoms with Gasteiger partial charge in [-0.25, -0.2) is 8.78 Å². The van der Waals surface area contributed by atoms with Gasteiger partial charge in [0.25, 0.3) is 12.3 Å². The topological polar surface area (TPSA) is 70.7 Å². The van der Waals surface area contributed by atoms with E-state index in [9.17, 15) is 18.7 Å². The van der Waals surface area contributed by atoms with Gasteiger partial charge < -0.3 is 5.11 Å². The van der Waals surface area contributed by atoms with Crippen LogP contribution in [0.15, 0.2) is 17.4 Å². The van der Waals surface area contributed by atoms with Crippen LogP contribution in [0, 0.1) is 6.92 Å². The highest BCUT2D eigenvalue weighted by atomic mass is 19.3. The summed E-state index contributed by atoms with van der Waals surface area (Å²) < 4.78 is 27.5. The molecule has 0 aliphatic carbocycles. The van der Waals surface area contributed by atoms with Crippen molar-refractivity contribution in [2.75, 3.05) is 0 Å². The molecular formula is C12H16F2N4O2. The van der Waals surface area contributed by atoms with Gasteiger partial charge in [-0.1, -0.05) is 0 Å². The van der Waals surface area contributed by atoms with E-state index < -0.39 is 24.1 Å². The zero-order valence-corrected chi connectivity index (χ0v) is 11.4. The lowest BCUT2D eigenvalue weighted by molar-refractivity contribution is -0.194. The van der Waals surface area contributed by atoms with Gasteiger partial charge in [0, 0.05) is 24.0 Å². The number of halogens is 2. The second kappa shape index (κ2) is 4.93. The fourth-order valence-corrected chi connectivity index (χ4v) is 2.22. The molecule has 8 heteroatoms. The van der Waals surface area contributed by atoms with E-state index in [1.54, 1.807) is 13.0 Å². The quantitative estimate of drug-likeness (QED) is 0.910. The number of alkyl halides is 2. The molecule has 2 unspecified atom stereocenters. The number of hydrazone groups is 1. The fourth-order valence-electron chi connectivity index (χ4n) is 2.22. The highest BCUT2D eigenvalue weighted by molar-refractivity contribution is 5.90. The highest BCUT2D eigenvalue weighted by Crippen LogP contribution is 2.33. The van der Waals surface area contributed by atoms with Crippen molar-refractivity contribution in [2.45, 2.75) is 45.4 Å². The van der Waals surface area contributed by atoms with Gasteiger partial charge in [0.2, 0.25) is 5.72 Å². The Morgan fingerprint density at radius 1 is 1.50 bits per heavy atom. The summed E-state index contributed by atoms with van der Waals surface area (Å²) in [6.07, 6.45) is -1.95. The Bertz CT molecular complexity index is 557. The molecular weight excluding hydrogens is 270 g/mol. The zero-order chi connectivity index (χ0) is 15.1. The van der Waals surface area contributed by atoms with Gasteiger partial charge in [-0.2, -0.15) is 15.2 Å². The molecule has 110 valence electrons. The fraction of sp³-hybridized carbons (Fsp3) is 0.583. The summed E-state index contributed by atoms with van der Waals surface area (Å²) in [5.41, 5.74) is -1.58. The van der Waals surface area contributed by atoms with Crippen LogP contribution in [0.25, 0.3) is 0 Å². The molecule has 1 amide bonds. The molecule has 0 radical (unpaired) electrons. The number of carbonyl (C=O) groups is 1. The summed E-state index contributed by atoms with van der Waals surface area (Å²) in [6, 6.07) is 0.867. The van der Waals surface area contributed by atoms with Crippen molar-refractivity contribution in [1.29, 1.82) is 0 Å². The van der Waals surface area contributed by atoms with E-state index in [1.165, 1.54) is 24.7 Å². The predicted octanol–water partition coefficient (Wildman–Crippen LogP) is 1.31. The lowest BCUT2D eigenvalue weighted by atomic mass is 10.1. The summed E-state index contributed by atoms with van der Waals surface area (Å²) in [6.45, 7) is 4.76. The molecule has 1 N–H and O–H groups in total. The van der Waals surface area contributed by atoms with Crippen LogP contribution < -0.4 is 0 Å². The Morgan fingerprint density at radius 2 is 2.15 bits per heavy atom. The van der Waals surface area contributed by atoms with Crippen molar-refractivity contribution in [3.63, 3.8) is 0 Å². The van der Waals surface area contributed by atoms with Crippen molar-refractivity contribution in [3.05, 3.63) is 18.0 Å². The molecule has 0 aromatic carbocycles. The molecule has 2 heterocycles. The van der Waals surface area contributed by atoms with Crippen molar-refractivity contribution >= 4 is 11.6 Å². The minimum Gasteiger partial charge on any atom is -0.364 e. The number of aryl methyl sites for hydroxylation is 1. The SMILES string of the molecule is CC1=NN(C(=O)C(C)n2nccc2C)C(O)(C(F)F)C1. The van der Waals surface area contributed by atoms with Gasteiger partial charge in [-0.3, -0.25) is 9.48 Å². The van der Waals surface area contributed by atoms with E-state index in [1.807, 2.05) is 0 Å². The number of hydrogen-bond donors (Lipinski definition) is 1. The van der Waals surface area contributed by atoms with Crippen molar-refractivity contribution in [1.82, 2.24) is 14.8 Å². The summed E-state index contributed by atoms with van der Waals surface area (Å²) in [5, 5.41) is 18.2. The van der Waals surface area contributed by atoms with Crippen LogP contribution in [0.5, 0.6) is 0 Å². The first kappa shape index (κ1) is 14.6. The Hall–Kier alpha value is -1.83. The average Bonchev–Trinajstić information content (AvgIpc) is 2.92. The third-order valence-electron chi connectivity index (χ3n) is 3.30. The maximum atomic E-state index is 13.1. The maximum absolute atomic E-state index is 13.1. The minimum absolute atomic E-state index is 0.283. The van der Waals surface area contributed by atoms with Crippen LogP contribution >= 0.6 is 0 Å². The molecule has 2 atom stereocenters. The highest BCUT2D eigenvalue weighted by Gasteiger charge is 2.51. The van der Waals surface area contributed by atoms with Crippen LogP contribution in [-0.2, 0) is 4.79 Å². The first-order chi connectivity index (χ1) is 9.27. The van der Waals surface area contributed by atoms with Gasteiger partial charge in [-0.05, 0) is 26.8 Å². The molecule has 0 fully saturated rings. The summed E-state index contributed by atoms with van der Waals surface area (Å²) in [5.74, 6) is -0.726. The monoisotopic (exact) mass is 286 g/mol. The van der Waals surface area contributed by atoms with Crippen LogP contribution in [0.4, 0.5) is 8.78 Å². The summed E-state index contributed by atoms with van der Waals surface area (Å²) in [7, 11) is 0. The number of nitrogens with zero attached hydrogens (tertiary/aromatic N) is 4. The molecule has 2 rings (SSSR count). The van der Waals surface area contributed by atoms with Crippen LogP contribution in [0.1, 0.15) is 32.0 Å². The molecule has 1 aliphatic rings. The Balaban J connectivity index is 2.30. The molecule has 0 saturated heterocycles. The number of amides is 1. The number of aromatic nitrogens is 2. The van der Waals surface area contributed by atoms with E-state index in [0.29, 0.717) is 10.7 Å². The van der Waals surface area contributed by atoms with Crippen molar-refractivity contribution in [2.24, 2.45) is 5.10 Å².